The van der Waals surface area contributed by atoms with Crippen LogP contribution in [0.1, 0.15) is 45.1 Å². The number of pyridine rings is 1. The van der Waals surface area contributed by atoms with Gasteiger partial charge in [-0.1, -0.05) is 123 Å². The van der Waals surface area contributed by atoms with Gasteiger partial charge >= 0.3 is 0 Å². The third kappa shape index (κ3) is 6.88. The average Bonchev–Trinajstić information content (AvgIpc) is 3.90. The number of aromatic nitrogens is 4. The first kappa shape index (κ1) is 28.4. The Morgan fingerprint density at radius 2 is 1.50 bits per heavy atom. The van der Waals surface area contributed by atoms with Gasteiger partial charge < -0.3 is 14.0 Å². The molecule has 0 saturated carbocycles. The maximum Gasteiger partial charge on any atom is 0.167 e. The molecule has 52 heavy (non-hydrogen) atoms. The molecule has 0 saturated heterocycles. The Kier molecular flexibility index (Phi) is 7.88. The molecule has 9 aromatic rings. The molecule has 0 bridgehead atoms. The number of hydrogen-bond donors (Lipinski definition) is 0. The first-order valence-electron chi connectivity index (χ1n) is 19.5. The number of para-hydroxylation sites is 1. The minimum absolute atomic E-state index is 0. The number of imidazole rings is 1. The van der Waals surface area contributed by atoms with Crippen LogP contribution in [0.4, 0.5) is 0 Å². The largest absolute Gasteiger partial charge is 0.501 e. The van der Waals surface area contributed by atoms with Crippen LogP contribution >= 0.6 is 11.3 Å². The molecule has 0 amide bonds. The van der Waals surface area contributed by atoms with Crippen LogP contribution in [-0.2, 0) is 25.5 Å². The molecule has 0 atom stereocenters. The first-order chi connectivity index (χ1) is 27.1. The second-order valence-electron chi connectivity index (χ2n) is 13.2. The summed E-state index contributed by atoms with van der Waals surface area (Å²) in [5, 5.41) is 3.22. The number of thiazole rings is 1. The Bertz CT molecular complexity index is 2780. The number of rotatable bonds is 4. The van der Waals surface area contributed by atoms with Crippen molar-refractivity contribution in [3.05, 3.63) is 156 Å². The van der Waals surface area contributed by atoms with Gasteiger partial charge in [0.05, 0.1) is 11.4 Å². The van der Waals surface area contributed by atoms with Crippen molar-refractivity contribution in [1.29, 1.82) is 0 Å². The zero-order chi connectivity index (χ0) is 40.1. The summed E-state index contributed by atoms with van der Waals surface area (Å²) in [4.78, 5) is 15.2. The van der Waals surface area contributed by atoms with E-state index in [1.807, 2.05) is 30.3 Å². The van der Waals surface area contributed by atoms with Crippen LogP contribution in [0.25, 0.3) is 71.9 Å². The number of aryl methyl sites for hydroxylation is 2. The van der Waals surface area contributed by atoms with E-state index >= 15 is 0 Å². The van der Waals surface area contributed by atoms with E-state index in [2.05, 4.69) is 103 Å². The van der Waals surface area contributed by atoms with E-state index < -0.39 is 13.7 Å². The van der Waals surface area contributed by atoms with Crippen LogP contribution in [0.15, 0.2) is 132 Å². The standard InChI is InChI=1S/C32H24N3OS.C13H12N.Ir/c1-32(2,3)31-34-29-30(37-31)33-28(25-14-9-13-24-23-12-7-8-15-26(23)36-27(24)25)35(29)22-18-16-21(17-19-22)20-10-5-4-6-11-20;1-10-3-6-12(7-4-10)13-8-5-11(2)9-14-13;/h4-13,15-19H,1-3H3;3-6,8-9H,1-2H3;/q2*-1;/i;1D3,2D3;. The van der Waals surface area contributed by atoms with Crippen LogP contribution in [0.3, 0.4) is 0 Å². The molecule has 9 rings (SSSR count). The van der Waals surface area contributed by atoms with Gasteiger partial charge in [0.1, 0.15) is 10.6 Å². The Balaban J connectivity index is 0.000000208. The molecule has 0 aliphatic carbocycles. The Labute approximate surface area is 329 Å². The Morgan fingerprint density at radius 3 is 2.21 bits per heavy atom. The molecule has 7 heteroatoms. The van der Waals surface area contributed by atoms with Gasteiger partial charge in [0.25, 0.3) is 0 Å². The van der Waals surface area contributed by atoms with Crippen LogP contribution in [0, 0.1) is 25.8 Å². The quantitative estimate of drug-likeness (QED) is 0.165. The van der Waals surface area contributed by atoms with Crippen molar-refractivity contribution in [2.24, 2.45) is 0 Å². The number of benzene rings is 5. The molecule has 5 aromatic carbocycles. The van der Waals surface area contributed by atoms with Gasteiger partial charge in [-0.3, -0.25) is 4.98 Å². The molecule has 0 unspecified atom stereocenters. The summed E-state index contributed by atoms with van der Waals surface area (Å²) < 4.78 is 52.1. The van der Waals surface area contributed by atoms with Gasteiger partial charge in [0.15, 0.2) is 10.5 Å². The van der Waals surface area contributed by atoms with Crippen molar-refractivity contribution < 1.29 is 32.7 Å². The summed E-state index contributed by atoms with van der Waals surface area (Å²) in [5.74, 6) is 0.784. The monoisotopic (exact) mass is 879 g/mol. The predicted octanol–water partition coefficient (Wildman–Crippen LogP) is 12.0. The molecule has 1 radical (unpaired) electrons. The van der Waals surface area contributed by atoms with Gasteiger partial charge in [-0.25, -0.2) is 4.98 Å². The van der Waals surface area contributed by atoms with E-state index in [4.69, 9.17) is 22.6 Å². The topological polar surface area (TPSA) is 56.7 Å². The summed E-state index contributed by atoms with van der Waals surface area (Å²) in [6.45, 7) is 2.22. The first-order valence-corrected chi connectivity index (χ1v) is 17.3. The van der Waals surface area contributed by atoms with E-state index in [0.29, 0.717) is 11.3 Å². The van der Waals surface area contributed by atoms with Gasteiger partial charge in [-0.15, -0.1) is 53.6 Å². The normalized spacial score (nSPS) is 13.6. The van der Waals surface area contributed by atoms with E-state index in [1.165, 1.54) is 35.5 Å². The summed E-state index contributed by atoms with van der Waals surface area (Å²) in [6.07, 6.45) is 1.30. The third-order valence-electron chi connectivity index (χ3n) is 8.51. The van der Waals surface area contributed by atoms with Crippen molar-refractivity contribution in [3.8, 4) is 39.5 Å². The SMILES string of the molecule is CC(C)(C)c1nc2c(nc(-c3[c-]ccc4c3oc3ccccc34)n2-c2ccc(-c3ccccc3)cc2)s1.[2H]C([2H])([2H])c1c[c-]c(-c2ccc(C([2H])([2H])[2H])cn2)cc1.[Ir]. The van der Waals surface area contributed by atoms with Crippen molar-refractivity contribution >= 4 is 43.8 Å². The van der Waals surface area contributed by atoms with Crippen LogP contribution in [0.5, 0.6) is 0 Å². The summed E-state index contributed by atoms with van der Waals surface area (Å²) >= 11 is 1.65. The molecule has 0 fully saturated rings. The summed E-state index contributed by atoms with van der Waals surface area (Å²) in [5.41, 5.74) is 8.20. The molecular formula is C45H36IrN4OS-2. The predicted molar refractivity (Wildman–Crippen MR) is 210 cm³/mol. The van der Waals surface area contributed by atoms with E-state index in [0.717, 1.165) is 54.5 Å². The van der Waals surface area contributed by atoms with Crippen molar-refractivity contribution in [2.75, 3.05) is 0 Å². The summed E-state index contributed by atoms with van der Waals surface area (Å²) in [7, 11) is 0. The minimum Gasteiger partial charge on any atom is -0.501 e. The molecular weight excluding hydrogens is 837 g/mol. The number of nitrogens with zero attached hydrogens (tertiary/aromatic N) is 4. The molecule has 4 heterocycles. The third-order valence-corrected chi connectivity index (χ3v) is 9.88. The number of fused-ring (bicyclic) bond motifs is 4. The smallest absolute Gasteiger partial charge is 0.167 e. The fourth-order valence-corrected chi connectivity index (χ4v) is 6.91. The van der Waals surface area contributed by atoms with Gasteiger partial charge in [-0.05, 0) is 47.4 Å². The molecule has 0 aliphatic heterocycles. The van der Waals surface area contributed by atoms with E-state index in [1.54, 1.807) is 23.5 Å². The Morgan fingerprint density at radius 1 is 0.750 bits per heavy atom. The fourth-order valence-electron chi connectivity index (χ4n) is 5.93. The maximum atomic E-state index is 7.28. The van der Waals surface area contributed by atoms with Crippen molar-refractivity contribution in [1.82, 2.24) is 19.5 Å². The Hall–Kier alpha value is -5.20. The zero-order valence-electron chi connectivity index (χ0n) is 34.6. The van der Waals surface area contributed by atoms with Gasteiger partial charge in [-0.2, -0.15) is 0 Å². The second-order valence-corrected chi connectivity index (χ2v) is 14.2. The summed E-state index contributed by atoms with van der Waals surface area (Å²) in [6, 6.07) is 45.0. The minimum atomic E-state index is -2.18. The van der Waals surface area contributed by atoms with Crippen molar-refractivity contribution in [2.45, 2.75) is 39.9 Å². The van der Waals surface area contributed by atoms with E-state index in [-0.39, 0.29) is 36.6 Å². The average molecular weight is 879 g/mol. The van der Waals surface area contributed by atoms with Crippen LogP contribution in [-0.4, -0.2) is 19.5 Å². The maximum absolute atomic E-state index is 7.28. The molecule has 0 spiro atoms. The molecule has 4 aromatic heterocycles. The van der Waals surface area contributed by atoms with Crippen LogP contribution < -0.4 is 0 Å². The van der Waals surface area contributed by atoms with Crippen LogP contribution in [0.2, 0.25) is 0 Å². The number of hydrogen-bond acceptors (Lipinski definition) is 5. The molecule has 0 aliphatic rings. The second kappa shape index (κ2) is 14.4. The number of furan rings is 1. The van der Waals surface area contributed by atoms with E-state index in [9.17, 15) is 0 Å². The van der Waals surface area contributed by atoms with Gasteiger partial charge in [0.2, 0.25) is 0 Å². The fraction of sp³-hybridized carbons (Fsp3) is 0.133. The zero-order valence-corrected chi connectivity index (χ0v) is 31.8. The van der Waals surface area contributed by atoms with Crippen molar-refractivity contribution in [3.63, 3.8) is 0 Å². The molecule has 5 nitrogen and oxygen atoms in total. The molecule has 259 valence electrons. The van der Waals surface area contributed by atoms with Gasteiger partial charge in [0, 0.05) is 51.0 Å². The molecule has 0 N–H and O–H groups in total.